The normalized spacial score (nSPS) is 20.0. The van der Waals surface area contributed by atoms with E-state index in [-0.39, 0.29) is 18.2 Å². The largest absolute Gasteiger partial charge is 0.378 e. The lowest BCUT2D eigenvalue weighted by Gasteiger charge is -2.25. The molecule has 29 heavy (non-hydrogen) atoms. The number of hydrogen-bond donors (Lipinski definition) is 2. The Morgan fingerprint density at radius 3 is 2.79 bits per heavy atom. The number of rotatable bonds is 7. The van der Waals surface area contributed by atoms with Crippen LogP contribution in [0.2, 0.25) is 0 Å². The second kappa shape index (κ2) is 8.54. The predicted molar refractivity (Wildman–Crippen MR) is 111 cm³/mol. The van der Waals surface area contributed by atoms with Crippen LogP contribution in [0.15, 0.2) is 48.9 Å². The molecule has 1 unspecified atom stereocenters. The minimum Gasteiger partial charge on any atom is -0.378 e. The molecule has 9 nitrogen and oxygen atoms in total. The van der Waals surface area contributed by atoms with E-state index >= 15 is 0 Å². The third-order valence-electron chi connectivity index (χ3n) is 5.29. The highest BCUT2D eigenvalue weighted by molar-refractivity contribution is 5.45. The van der Waals surface area contributed by atoms with E-state index in [1.54, 1.807) is 24.2 Å². The molecule has 1 aromatic carbocycles. The zero-order valence-electron chi connectivity index (χ0n) is 16.9. The Balaban J connectivity index is 1.52. The Hall–Kier alpha value is -3.04. The first-order chi connectivity index (χ1) is 14.2. The molecule has 0 bridgehead atoms. The molecule has 2 aromatic heterocycles. The fraction of sp³-hybridized carbons (Fsp3) is 0.400. The molecule has 0 radical (unpaired) electrons. The van der Waals surface area contributed by atoms with Gasteiger partial charge in [0.05, 0.1) is 30.2 Å². The zero-order valence-corrected chi connectivity index (χ0v) is 16.9. The number of methoxy groups -OCH3 is 1. The van der Waals surface area contributed by atoms with Crippen molar-refractivity contribution >= 4 is 11.8 Å². The Labute approximate surface area is 170 Å². The molecule has 0 saturated carbocycles. The molecule has 3 heterocycles. The Kier molecular flexibility index (Phi) is 5.68. The van der Waals surface area contributed by atoms with E-state index in [9.17, 15) is 0 Å². The molecular formula is C20H26N8O. The molecule has 0 amide bonds. The van der Waals surface area contributed by atoms with Crippen LogP contribution in [-0.2, 0) is 4.74 Å². The standard InChI is InChI=1S/C20H26N8O/c1-14(15-6-4-5-7-17(15)28-11-10-23-26-28)24-16-12-27(13-18(16)29-3)19-8-9-22-20(21-2)25-19/h4-11,14,16,18,24H,12-13H2,1-3H3,(H,21,22,25)/t14?,16-,18+/m1/s1. The third kappa shape index (κ3) is 4.06. The number of aromatic nitrogens is 5. The van der Waals surface area contributed by atoms with Gasteiger partial charge in [0.15, 0.2) is 0 Å². The van der Waals surface area contributed by atoms with E-state index in [2.05, 4.69) is 54.9 Å². The van der Waals surface area contributed by atoms with E-state index in [4.69, 9.17) is 4.74 Å². The Morgan fingerprint density at radius 2 is 2.03 bits per heavy atom. The molecule has 3 aromatic rings. The summed E-state index contributed by atoms with van der Waals surface area (Å²) in [5.41, 5.74) is 2.18. The molecule has 3 atom stereocenters. The van der Waals surface area contributed by atoms with Crippen LogP contribution >= 0.6 is 0 Å². The second-order valence-electron chi connectivity index (χ2n) is 7.07. The van der Waals surface area contributed by atoms with Crippen molar-refractivity contribution in [1.82, 2.24) is 30.3 Å². The maximum Gasteiger partial charge on any atom is 0.224 e. The summed E-state index contributed by atoms with van der Waals surface area (Å²) in [4.78, 5) is 11.0. The fourth-order valence-corrected chi connectivity index (χ4v) is 3.82. The lowest BCUT2D eigenvalue weighted by Crippen LogP contribution is -2.41. The molecular weight excluding hydrogens is 368 g/mol. The number of para-hydroxylation sites is 1. The van der Waals surface area contributed by atoms with Crippen molar-refractivity contribution in [3.05, 3.63) is 54.5 Å². The van der Waals surface area contributed by atoms with Crippen molar-refractivity contribution in [2.45, 2.75) is 25.1 Å². The summed E-state index contributed by atoms with van der Waals surface area (Å²) < 4.78 is 7.57. The van der Waals surface area contributed by atoms with Gasteiger partial charge in [-0.2, -0.15) is 4.98 Å². The van der Waals surface area contributed by atoms with E-state index in [1.165, 1.54) is 0 Å². The van der Waals surface area contributed by atoms with Gasteiger partial charge < -0.3 is 20.3 Å². The lowest BCUT2D eigenvalue weighted by atomic mass is 10.0. The summed E-state index contributed by atoms with van der Waals surface area (Å²) in [5, 5.41) is 14.8. The van der Waals surface area contributed by atoms with Crippen LogP contribution in [0.3, 0.4) is 0 Å². The predicted octanol–water partition coefficient (Wildman–Crippen LogP) is 1.65. The molecule has 4 rings (SSSR count). The van der Waals surface area contributed by atoms with Crippen LogP contribution in [0.1, 0.15) is 18.5 Å². The van der Waals surface area contributed by atoms with Crippen molar-refractivity contribution in [1.29, 1.82) is 0 Å². The summed E-state index contributed by atoms with van der Waals surface area (Å²) >= 11 is 0. The summed E-state index contributed by atoms with van der Waals surface area (Å²) in [6.07, 6.45) is 5.37. The topological polar surface area (TPSA) is 93.0 Å². The minimum atomic E-state index is 0.0592. The third-order valence-corrected chi connectivity index (χ3v) is 5.29. The minimum absolute atomic E-state index is 0.0592. The first-order valence-corrected chi connectivity index (χ1v) is 9.69. The molecule has 1 aliphatic heterocycles. The highest BCUT2D eigenvalue weighted by atomic mass is 16.5. The van der Waals surface area contributed by atoms with Gasteiger partial charge in [0, 0.05) is 39.5 Å². The van der Waals surface area contributed by atoms with Crippen LogP contribution in [-0.4, -0.2) is 64.4 Å². The van der Waals surface area contributed by atoms with Gasteiger partial charge in [0.25, 0.3) is 0 Å². The molecule has 1 saturated heterocycles. The number of hydrogen-bond acceptors (Lipinski definition) is 8. The molecule has 0 spiro atoms. The molecule has 0 aliphatic carbocycles. The van der Waals surface area contributed by atoms with Gasteiger partial charge in [0.2, 0.25) is 5.95 Å². The molecule has 1 aliphatic rings. The van der Waals surface area contributed by atoms with E-state index in [1.807, 2.05) is 31.4 Å². The van der Waals surface area contributed by atoms with Crippen molar-refractivity contribution < 1.29 is 4.74 Å². The molecule has 152 valence electrons. The average molecular weight is 394 g/mol. The quantitative estimate of drug-likeness (QED) is 0.625. The fourth-order valence-electron chi connectivity index (χ4n) is 3.82. The van der Waals surface area contributed by atoms with Gasteiger partial charge in [-0.1, -0.05) is 23.4 Å². The van der Waals surface area contributed by atoms with Gasteiger partial charge in [-0.25, -0.2) is 9.67 Å². The van der Waals surface area contributed by atoms with Crippen LogP contribution in [0.4, 0.5) is 11.8 Å². The van der Waals surface area contributed by atoms with E-state index < -0.39 is 0 Å². The second-order valence-corrected chi connectivity index (χ2v) is 7.07. The smallest absolute Gasteiger partial charge is 0.224 e. The highest BCUT2D eigenvalue weighted by Crippen LogP contribution is 2.25. The van der Waals surface area contributed by atoms with Crippen molar-refractivity contribution in [2.24, 2.45) is 0 Å². The number of ether oxygens (including phenoxy) is 1. The molecule has 1 fully saturated rings. The van der Waals surface area contributed by atoms with Crippen molar-refractivity contribution in [3.8, 4) is 5.69 Å². The van der Waals surface area contributed by atoms with Gasteiger partial charge in [-0.15, -0.1) is 5.10 Å². The molecule has 9 heteroatoms. The Bertz CT molecular complexity index is 932. The first-order valence-electron chi connectivity index (χ1n) is 9.69. The van der Waals surface area contributed by atoms with Gasteiger partial charge in [0.1, 0.15) is 5.82 Å². The summed E-state index contributed by atoms with van der Waals surface area (Å²) in [5.74, 6) is 1.51. The van der Waals surface area contributed by atoms with Gasteiger partial charge in [-0.05, 0) is 24.6 Å². The lowest BCUT2D eigenvalue weighted by molar-refractivity contribution is 0.0938. The SMILES string of the molecule is CNc1nccc(N2C[C@H](OC)[C@H](NC(C)c3ccccc3-n3ccnn3)C2)n1. The maximum atomic E-state index is 5.78. The summed E-state index contributed by atoms with van der Waals surface area (Å²) in [6.45, 7) is 3.73. The van der Waals surface area contributed by atoms with Crippen molar-refractivity contribution in [2.75, 3.05) is 37.5 Å². The van der Waals surface area contributed by atoms with E-state index in [0.29, 0.717) is 5.95 Å². The molecule has 2 N–H and O–H groups in total. The first kappa shape index (κ1) is 19.3. The van der Waals surface area contributed by atoms with Crippen LogP contribution in [0.5, 0.6) is 0 Å². The Morgan fingerprint density at radius 1 is 1.17 bits per heavy atom. The zero-order chi connectivity index (χ0) is 20.2. The average Bonchev–Trinajstić information content (AvgIpc) is 3.44. The van der Waals surface area contributed by atoms with Crippen LogP contribution < -0.4 is 15.5 Å². The van der Waals surface area contributed by atoms with Gasteiger partial charge in [-0.3, -0.25) is 0 Å². The number of anilines is 2. The van der Waals surface area contributed by atoms with Crippen LogP contribution in [0, 0.1) is 0 Å². The van der Waals surface area contributed by atoms with Gasteiger partial charge >= 0.3 is 0 Å². The van der Waals surface area contributed by atoms with Crippen molar-refractivity contribution in [3.63, 3.8) is 0 Å². The maximum absolute atomic E-state index is 5.78. The highest BCUT2D eigenvalue weighted by Gasteiger charge is 2.34. The number of nitrogens with one attached hydrogen (secondary N) is 2. The van der Waals surface area contributed by atoms with Crippen LogP contribution in [0.25, 0.3) is 5.69 Å². The number of benzene rings is 1. The van der Waals surface area contributed by atoms with E-state index in [0.717, 1.165) is 30.2 Å². The summed E-state index contributed by atoms with van der Waals surface area (Å²) in [6, 6.07) is 10.4. The number of nitrogens with zero attached hydrogens (tertiary/aromatic N) is 6. The summed E-state index contributed by atoms with van der Waals surface area (Å²) in [7, 11) is 3.58. The monoisotopic (exact) mass is 394 g/mol.